The number of aromatic amines is 1. The van der Waals surface area contributed by atoms with E-state index in [9.17, 15) is 0 Å². The second kappa shape index (κ2) is 8.99. The van der Waals surface area contributed by atoms with E-state index in [-0.39, 0.29) is 0 Å². The molecule has 0 amide bonds. The zero-order valence-corrected chi connectivity index (χ0v) is 19.5. The lowest BCUT2D eigenvalue weighted by molar-refractivity contribution is 0.265. The minimum absolute atomic E-state index is 0.341. The molecular weight excluding hydrogens is 382 g/mol. The molecule has 2 aromatic heterocycles. The van der Waals surface area contributed by atoms with Crippen LogP contribution in [0.2, 0.25) is 0 Å². The van der Waals surface area contributed by atoms with Crippen LogP contribution in [-0.4, -0.2) is 41.1 Å². The summed E-state index contributed by atoms with van der Waals surface area (Å²) in [7, 11) is 0. The van der Waals surface area contributed by atoms with Crippen LogP contribution in [-0.2, 0) is 0 Å². The maximum Gasteiger partial charge on any atom is 0.143 e. The number of nitrogens with zero attached hydrogens (tertiary/aromatic N) is 3. The van der Waals surface area contributed by atoms with Crippen molar-refractivity contribution in [2.75, 3.05) is 31.1 Å². The van der Waals surface area contributed by atoms with Crippen LogP contribution in [0.15, 0.2) is 42.7 Å². The average Bonchev–Trinajstić information content (AvgIpc) is 3.18. The molecule has 0 radical (unpaired) electrons. The van der Waals surface area contributed by atoms with E-state index in [2.05, 4.69) is 83.2 Å². The largest absolute Gasteiger partial charge is 0.355 e. The number of hydrogen-bond donors (Lipinski definition) is 2. The van der Waals surface area contributed by atoms with E-state index >= 15 is 0 Å². The summed E-state index contributed by atoms with van der Waals surface area (Å²) in [6, 6.07) is 12.6. The lowest BCUT2D eigenvalue weighted by atomic mass is 9.84. The van der Waals surface area contributed by atoms with Crippen molar-refractivity contribution in [3.05, 3.63) is 42.7 Å². The molecule has 0 spiro atoms. The topological polar surface area (TPSA) is 56.8 Å². The fourth-order valence-electron chi connectivity index (χ4n) is 4.76. The van der Waals surface area contributed by atoms with E-state index in [1.807, 2.05) is 6.07 Å². The predicted molar refractivity (Wildman–Crippen MR) is 130 cm³/mol. The zero-order valence-electron chi connectivity index (χ0n) is 19.5. The van der Waals surface area contributed by atoms with Crippen molar-refractivity contribution in [1.29, 1.82) is 0 Å². The fraction of sp³-hybridized carbons (Fsp3) is 0.538. The molecule has 2 aliphatic rings. The summed E-state index contributed by atoms with van der Waals surface area (Å²) < 4.78 is 0. The molecule has 0 unspecified atom stereocenters. The first-order chi connectivity index (χ1) is 14.8. The summed E-state index contributed by atoms with van der Waals surface area (Å²) in [4.78, 5) is 14.9. The van der Waals surface area contributed by atoms with Crippen molar-refractivity contribution < 1.29 is 0 Å². The number of aromatic nitrogens is 3. The van der Waals surface area contributed by atoms with Gasteiger partial charge in [-0.1, -0.05) is 58.0 Å². The van der Waals surface area contributed by atoms with Crippen LogP contribution in [0, 0.1) is 10.8 Å². The lowest BCUT2D eigenvalue weighted by Crippen LogP contribution is -2.40. The fourth-order valence-corrected chi connectivity index (χ4v) is 4.76. The Morgan fingerprint density at radius 1 is 0.935 bits per heavy atom. The summed E-state index contributed by atoms with van der Waals surface area (Å²) in [6.07, 6.45) is 6.91. The highest BCUT2D eigenvalue weighted by atomic mass is 15.2. The Morgan fingerprint density at radius 2 is 1.71 bits per heavy atom. The molecule has 0 saturated carbocycles. The molecule has 1 aromatic carbocycles. The summed E-state index contributed by atoms with van der Waals surface area (Å²) >= 11 is 0. The second-order valence-electron chi connectivity index (χ2n) is 10.6. The molecule has 0 bridgehead atoms. The number of piperidine rings is 2. The zero-order chi connectivity index (χ0) is 21.9. The van der Waals surface area contributed by atoms with Gasteiger partial charge in [0, 0.05) is 25.3 Å². The number of nitrogens with one attached hydrogen (secondary N) is 2. The third-order valence-electron chi connectivity index (χ3n) is 6.50. The smallest absolute Gasteiger partial charge is 0.143 e. The van der Waals surface area contributed by atoms with Gasteiger partial charge in [-0.3, -0.25) is 0 Å². The molecule has 0 atom stereocenters. The third-order valence-corrected chi connectivity index (χ3v) is 6.50. The lowest BCUT2D eigenvalue weighted by Gasteiger charge is -2.38. The number of hydrogen-bond acceptors (Lipinski definition) is 4. The molecule has 166 valence electrons. The molecule has 0 aliphatic carbocycles. The van der Waals surface area contributed by atoms with Crippen LogP contribution in [0.4, 0.5) is 5.82 Å². The van der Waals surface area contributed by atoms with E-state index in [0.29, 0.717) is 10.8 Å². The summed E-state index contributed by atoms with van der Waals surface area (Å²) in [6.45, 7) is 13.9. The average molecular weight is 420 g/mol. The van der Waals surface area contributed by atoms with Gasteiger partial charge in [0.05, 0.1) is 5.39 Å². The normalized spacial score (nSPS) is 20.2. The van der Waals surface area contributed by atoms with Crippen LogP contribution in [0.1, 0.15) is 53.4 Å². The molecule has 2 saturated heterocycles. The molecule has 4 heterocycles. The highest BCUT2D eigenvalue weighted by Gasteiger charge is 2.28. The van der Waals surface area contributed by atoms with Gasteiger partial charge >= 0.3 is 0 Å². The molecule has 5 nitrogen and oxygen atoms in total. The second-order valence-corrected chi connectivity index (χ2v) is 10.6. The first kappa shape index (κ1) is 21.8. The molecule has 2 aliphatic heterocycles. The summed E-state index contributed by atoms with van der Waals surface area (Å²) in [5.41, 5.74) is 4.10. The summed E-state index contributed by atoms with van der Waals surface area (Å²) in [5, 5.41) is 4.49. The number of anilines is 1. The molecule has 5 heteroatoms. The number of fused-ring (bicyclic) bond motifs is 1. The first-order valence-corrected chi connectivity index (χ1v) is 11.7. The first-order valence-electron chi connectivity index (χ1n) is 11.7. The molecule has 2 fully saturated rings. The van der Waals surface area contributed by atoms with Crippen molar-refractivity contribution in [1.82, 2.24) is 20.3 Å². The van der Waals surface area contributed by atoms with E-state index in [1.165, 1.54) is 44.3 Å². The molecule has 31 heavy (non-hydrogen) atoms. The maximum absolute atomic E-state index is 4.60. The van der Waals surface area contributed by atoms with Crippen molar-refractivity contribution in [3.63, 3.8) is 0 Å². The highest BCUT2D eigenvalue weighted by Crippen LogP contribution is 2.34. The standard InChI is InChI=1S/C19H22N4.C7H15N/c1-19(2)9-6-10-23(12-19)18-15-11-16(14-7-4-3-5-8-14)22-17(15)20-13-21-18;1-7(2)4-3-5-8-6-7/h3-5,7-8,11,13H,6,9-10,12H2,1-2H3,(H,20,21,22);8H,3-6H2,1-2H3. The van der Waals surface area contributed by atoms with Crippen LogP contribution >= 0.6 is 0 Å². The van der Waals surface area contributed by atoms with Crippen LogP contribution in [0.25, 0.3) is 22.3 Å². The van der Waals surface area contributed by atoms with Gasteiger partial charge in [0.1, 0.15) is 17.8 Å². The van der Waals surface area contributed by atoms with E-state index < -0.39 is 0 Å². The van der Waals surface area contributed by atoms with Crippen LogP contribution in [0.5, 0.6) is 0 Å². The Kier molecular flexibility index (Phi) is 6.33. The number of rotatable bonds is 2. The third kappa shape index (κ3) is 5.45. The van der Waals surface area contributed by atoms with Gasteiger partial charge in [-0.25, -0.2) is 9.97 Å². The highest BCUT2D eigenvalue weighted by molar-refractivity contribution is 5.91. The van der Waals surface area contributed by atoms with Gasteiger partial charge in [0.2, 0.25) is 0 Å². The predicted octanol–water partition coefficient (Wildman–Crippen LogP) is 5.65. The summed E-state index contributed by atoms with van der Waals surface area (Å²) in [5.74, 6) is 1.06. The molecule has 5 rings (SSSR count). The number of benzene rings is 1. The van der Waals surface area contributed by atoms with E-state index in [0.717, 1.165) is 35.6 Å². The van der Waals surface area contributed by atoms with Gasteiger partial charge in [0.15, 0.2) is 0 Å². The van der Waals surface area contributed by atoms with Crippen LogP contribution in [0.3, 0.4) is 0 Å². The maximum atomic E-state index is 4.60. The SMILES string of the molecule is CC1(C)CCCN(c2ncnc3[nH]c(-c4ccccc4)cc23)C1.CC1(C)CCCNC1. The number of H-pyrrole nitrogens is 1. The van der Waals surface area contributed by atoms with Gasteiger partial charge in [0.25, 0.3) is 0 Å². The monoisotopic (exact) mass is 419 g/mol. The van der Waals surface area contributed by atoms with Gasteiger partial charge in [-0.05, 0) is 54.7 Å². The Labute approximate surface area is 186 Å². The minimum Gasteiger partial charge on any atom is -0.355 e. The van der Waals surface area contributed by atoms with Crippen molar-refractivity contribution >= 4 is 16.9 Å². The molecule has 2 N–H and O–H groups in total. The van der Waals surface area contributed by atoms with Crippen LogP contribution < -0.4 is 10.2 Å². The van der Waals surface area contributed by atoms with Crippen molar-refractivity contribution in [2.24, 2.45) is 10.8 Å². The van der Waals surface area contributed by atoms with Gasteiger partial charge < -0.3 is 15.2 Å². The Hall–Kier alpha value is -2.40. The van der Waals surface area contributed by atoms with Crippen molar-refractivity contribution in [3.8, 4) is 11.3 Å². The Morgan fingerprint density at radius 3 is 2.35 bits per heavy atom. The quantitative estimate of drug-likeness (QED) is 0.564. The van der Waals surface area contributed by atoms with E-state index in [4.69, 9.17) is 0 Å². The molecule has 3 aromatic rings. The van der Waals surface area contributed by atoms with Gasteiger partial charge in [-0.2, -0.15) is 0 Å². The molecular formula is C26H37N5. The minimum atomic E-state index is 0.341. The van der Waals surface area contributed by atoms with Gasteiger partial charge in [-0.15, -0.1) is 0 Å². The Balaban J connectivity index is 0.000000245. The van der Waals surface area contributed by atoms with Crippen molar-refractivity contribution in [2.45, 2.75) is 53.4 Å². The Bertz CT molecular complexity index is 981. The van der Waals surface area contributed by atoms with E-state index in [1.54, 1.807) is 6.33 Å².